The largest absolute Gasteiger partial charge is 0.527 e. The zero-order valence-electron chi connectivity index (χ0n) is 26.4. The lowest BCUT2D eigenvalue weighted by Gasteiger charge is -2.35. The predicted octanol–water partition coefficient (Wildman–Crippen LogP) is 3.81. The first-order valence-electron chi connectivity index (χ1n) is 15.0. The maximum atomic E-state index is 13.7. The molecule has 2 aromatic rings. The third-order valence-electron chi connectivity index (χ3n) is 6.34. The molecule has 1 aromatic heterocycles. The molecule has 3 rings (SSSR count). The van der Waals surface area contributed by atoms with Crippen molar-refractivity contribution in [3.8, 4) is 11.4 Å². The Labute approximate surface area is 258 Å². The monoisotopic (exact) mass is 612 g/mol. The number of rotatable bonds is 12. The minimum atomic E-state index is -0.931. The van der Waals surface area contributed by atoms with Gasteiger partial charge in [-0.15, -0.1) is 5.06 Å². The summed E-state index contributed by atoms with van der Waals surface area (Å²) in [6, 6.07) is 9.97. The van der Waals surface area contributed by atoms with Gasteiger partial charge in [0.1, 0.15) is 23.2 Å². The molecule has 0 radical (unpaired) electrons. The quantitative estimate of drug-likeness (QED) is 0.337. The number of hydroxylamine groups is 2. The number of hydrogen-bond donors (Lipinski definition) is 2. The topological polar surface area (TPSA) is 152 Å². The molecule has 0 spiro atoms. The molecule has 44 heavy (non-hydrogen) atoms. The van der Waals surface area contributed by atoms with E-state index in [1.165, 1.54) is 5.06 Å². The van der Waals surface area contributed by atoms with Gasteiger partial charge in [0.05, 0.1) is 19.7 Å². The van der Waals surface area contributed by atoms with Crippen molar-refractivity contribution < 1.29 is 33.5 Å². The van der Waals surface area contributed by atoms with Crippen LogP contribution in [0.4, 0.5) is 10.6 Å². The summed E-state index contributed by atoms with van der Waals surface area (Å²) in [5.41, 5.74) is 0.207. The van der Waals surface area contributed by atoms with Gasteiger partial charge in [-0.2, -0.15) is 0 Å². The van der Waals surface area contributed by atoms with Crippen LogP contribution in [0.1, 0.15) is 71.3 Å². The molecule has 1 fully saturated rings. The van der Waals surface area contributed by atoms with Gasteiger partial charge >= 0.3 is 12.1 Å². The number of nitrogens with zero attached hydrogens (tertiary/aromatic N) is 4. The van der Waals surface area contributed by atoms with Gasteiger partial charge in [-0.05, 0) is 54.4 Å². The van der Waals surface area contributed by atoms with Crippen LogP contribution >= 0.6 is 0 Å². The number of benzene rings is 1. The van der Waals surface area contributed by atoms with E-state index < -0.39 is 23.7 Å². The number of anilines is 1. The maximum Gasteiger partial charge on any atom is 0.527 e. The molecule has 1 saturated heterocycles. The fourth-order valence-corrected chi connectivity index (χ4v) is 4.45. The second kappa shape index (κ2) is 16.0. The van der Waals surface area contributed by atoms with Crippen molar-refractivity contribution in [3.05, 3.63) is 42.1 Å². The third-order valence-corrected chi connectivity index (χ3v) is 6.34. The summed E-state index contributed by atoms with van der Waals surface area (Å²) >= 11 is 0. The van der Waals surface area contributed by atoms with Crippen LogP contribution in [0.25, 0.3) is 11.4 Å². The number of piperazine rings is 1. The number of esters is 1. The molecule has 13 nitrogen and oxygen atoms in total. The highest BCUT2D eigenvalue weighted by Crippen LogP contribution is 2.19. The summed E-state index contributed by atoms with van der Waals surface area (Å²) in [7, 11) is 0. The van der Waals surface area contributed by atoms with Crippen LogP contribution in [0.15, 0.2) is 36.4 Å². The van der Waals surface area contributed by atoms with Crippen molar-refractivity contribution in [1.82, 2.24) is 25.2 Å². The van der Waals surface area contributed by atoms with Crippen molar-refractivity contribution >= 4 is 29.8 Å². The van der Waals surface area contributed by atoms with Crippen LogP contribution in [0, 0.1) is 0 Å². The van der Waals surface area contributed by atoms with Gasteiger partial charge in [-0.3, -0.25) is 14.4 Å². The van der Waals surface area contributed by atoms with E-state index in [4.69, 9.17) is 14.3 Å². The molecular weight excluding hydrogens is 568 g/mol. The molecule has 0 bridgehead atoms. The highest BCUT2D eigenvalue weighted by molar-refractivity contribution is 5.97. The molecule has 2 heterocycles. The molecule has 1 atom stereocenters. The number of hydrogen-bond acceptors (Lipinski definition) is 11. The Balaban J connectivity index is 1.78. The van der Waals surface area contributed by atoms with E-state index in [0.717, 1.165) is 5.56 Å². The van der Waals surface area contributed by atoms with Crippen LogP contribution in [-0.4, -0.2) is 94.3 Å². The Bertz CT molecular complexity index is 1270. The van der Waals surface area contributed by atoms with E-state index >= 15 is 0 Å². The second-order valence-electron chi connectivity index (χ2n) is 11.7. The summed E-state index contributed by atoms with van der Waals surface area (Å²) in [4.78, 5) is 67.2. The van der Waals surface area contributed by atoms with Gasteiger partial charge in [0, 0.05) is 37.2 Å². The molecule has 0 unspecified atom stereocenters. The zero-order valence-corrected chi connectivity index (χ0v) is 26.4. The molecule has 240 valence electrons. The average molecular weight is 613 g/mol. The van der Waals surface area contributed by atoms with Crippen LogP contribution in [0.5, 0.6) is 0 Å². The molecule has 1 aromatic carbocycles. The third kappa shape index (κ3) is 11.1. The lowest BCUT2D eigenvalue weighted by atomic mass is 10.1. The van der Waals surface area contributed by atoms with E-state index in [-0.39, 0.29) is 69.2 Å². The fourth-order valence-electron chi connectivity index (χ4n) is 4.45. The summed E-state index contributed by atoms with van der Waals surface area (Å²) in [6.45, 7) is 12.2. The van der Waals surface area contributed by atoms with Crippen molar-refractivity contribution in [3.63, 3.8) is 0 Å². The molecular formula is C31H44N6O7. The first kappa shape index (κ1) is 34.2. The van der Waals surface area contributed by atoms with Crippen molar-refractivity contribution in [2.24, 2.45) is 0 Å². The standard InChI is InChI=1S/C31H44N6O7/c1-7-42-30(41)44-37-18-16-36(17-19-37)29(40)23(14-11-15-26(38)43-31(4,5)6)34-28(39)24-20-25(32-21(2)3)35-27(33-24)22-12-9-8-10-13-22/h8-10,12-13,20-21,23H,7,11,14-19H2,1-6H3,(H,34,39)(H,32,33,35)/t23-/m0/s1. The molecule has 0 aliphatic carbocycles. The van der Waals surface area contributed by atoms with Crippen LogP contribution in [0.3, 0.4) is 0 Å². The predicted molar refractivity (Wildman–Crippen MR) is 163 cm³/mol. The van der Waals surface area contributed by atoms with Crippen molar-refractivity contribution in [2.75, 3.05) is 38.1 Å². The Hall–Kier alpha value is -4.26. The minimum Gasteiger partial charge on any atom is -0.460 e. The second-order valence-corrected chi connectivity index (χ2v) is 11.7. The van der Waals surface area contributed by atoms with Gasteiger partial charge in [0.2, 0.25) is 5.91 Å². The van der Waals surface area contributed by atoms with Crippen LogP contribution < -0.4 is 10.6 Å². The summed E-state index contributed by atoms with van der Waals surface area (Å²) in [5.74, 6) is -0.392. The van der Waals surface area contributed by atoms with E-state index in [0.29, 0.717) is 18.1 Å². The van der Waals surface area contributed by atoms with Gasteiger partial charge in [-0.25, -0.2) is 14.8 Å². The van der Waals surface area contributed by atoms with E-state index in [9.17, 15) is 19.2 Å². The number of carbonyl (C=O) groups excluding carboxylic acids is 4. The number of carbonyl (C=O) groups is 4. The van der Waals surface area contributed by atoms with Gasteiger partial charge < -0.3 is 29.8 Å². The molecule has 1 aliphatic rings. The lowest BCUT2D eigenvalue weighted by molar-refractivity contribution is -0.158. The van der Waals surface area contributed by atoms with Crippen LogP contribution in [-0.2, 0) is 23.9 Å². The normalized spacial score (nSPS) is 14.5. The van der Waals surface area contributed by atoms with E-state index in [1.54, 1.807) is 38.7 Å². The van der Waals surface area contributed by atoms with Crippen molar-refractivity contribution in [1.29, 1.82) is 0 Å². The zero-order chi connectivity index (χ0) is 32.3. The van der Waals surface area contributed by atoms with E-state index in [1.807, 2.05) is 44.2 Å². The number of amides is 2. The summed E-state index contributed by atoms with van der Waals surface area (Å²) < 4.78 is 10.2. The molecule has 13 heteroatoms. The maximum absolute atomic E-state index is 13.7. The molecule has 0 saturated carbocycles. The van der Waals surface area contributed by atoms with Crippen LogP contribution in [0.2, 0.25) is 0 Å². The molecule has 2 amide bonds. The first-order chi connectivity index (χ1) is 20.8. The molecule has 1 aliphatic heterocycles. The SMILES string of the molecule is CCOC(=O)ON1CCN(C(=O)[C@H](CCCC(=O)OC(C)(C)C)NC(=O)c2cc(NC(C)C)nc(-c3ccccc3)n2)CC1. The smallest absolute Gasteiger partial charge is 0.460 e. The summed E-state index contributed by atoms with van der Waals surface area (Å²) in [6.07, 6.45) is -0.189. The lowest BCUT2D eigenvalue weighted by Crippen LogP contribution is -2.55. The number of aromatic nitrogens is 2. The molecule has 2 N–H and O–H groups in total. The number of ether oxygens (including phenoxy) is 2. The minimum absolute atomic E-state index is 0.0538. The highest BCUT2D eigenvalue weighted by atomic mass is 16.8. The Kier molecular flexibility index (Phi) is 12.4. The highest BCUT2D eigenvalue weighted by Gasteiger charge is 2.31. The Morgan fingerprint density at radius 1 is 1.00 bits per heavy atom. The van der Waals surface area contributed by atoms with Crippen molar-refractivity contribution in [2.45, 2.75) is 78.5 Å². The van der Waals surface area contributed by atoms with Gasteiger partial charge in [0.25, 0.3) is 5.91 Å². The van der Waals surface area contributed by atoms with Gasteiger partial charge in [0.15, 0.2) is 5.82 Å². The van der Waals surface area contributed by atoms with E-state index in [2.05, 4.69) is 20.6 Å². The average Bonchev–Trinajstić information content (AvgIpc) is 2.95. The Morgan fingerprint density at radius 2 is 1.68 bits per heavy atom. The summed E-state index contributed by atoms with van der Waals surface area (Å²) in [5, 5.41) is 7.51. The van der Waals surface area contributed by atoms with Gasteiger partial charge in [-0.1, -0.05) is 30.3 Å². The first-order valence-corrected chi connectivity index (χ1v) is 15.0. The fraction of sp³-hybridized carbons (Fsp3) is 0.548. The number of nitrogens with one attached hydrogen (secondary N) is 2. The Morgan fingerprint density at radius 3 is 2.30 bits per heavy atom.